The molecule has 1 aliphatic rings. The van der Waals surface area contributed by atoms with Gasteiger partial charge in [0.1, 0.15) is 0 Å². The second-order valence-electron chi connectivity index (χ2n) is 4.37. The van der Waals surface area contributed by atoms with Gasteiger partial charge in [-0.3, -0.25) is 4.79 Å². The average molecular weight is 266 g/mol. The highest BCUT2D eigenvalue weighted by molar-refractivity contribution is 5.88. The molecular formula is C13H18N2O4. The first-order valence-electron chi connectivity index (χ1n) is 6.27. The fraction of sp³-hybridized carbons (Fsp3) is 0.462. The molecular weight excluding hydrogens is 248 g/mol. The summed E-state index contributed by atoms with van der Waals surface area (Å²) in [6.07, 6.45) is 6.66. The van der Waals surface area contributed by atoms with Crippen molar-refractivity contribution >= 4 is 5.97 Å². The molecule has 0 aliphatic heterocycles. The summed E-state index contributed by atoms with van der Waals surface area (Å²) in [6, 6.07) is 8.29. The molecule has 0 unspecified atom stereocenters. The molecule has 1 aromatic rings. The largest absolute Gasteiger partial charge is 0.334 e. The van der Waals surface area contributed by atoms with Gasteiger partial charge in [-0.25, -0.2) is 4.84 Å². The monoisotopic (exact) mass is 266 g/mol. The van der Waals surface area contributed by atoms with Gasteiger partial charge in [0.25, 0.3) is 0 Å². The molecule has 6 nitrogen and oxygen atoms in total. The molecule has 0 saturated heterocycles. The Bertz CT molecular complexity index is 402. The van der Waals surface area contributed by atoms with Crippen LogP contribution in [0.2, 0.25) is 0 Å². The minimum absolute atomic E-state index is 0.161. The predicted molar refractivity (Wildman–Crippen MR) is 69.9 cm³/mol. The Hall–Kier alpha value is -1.95. The Balaban J connectivity index is 0.000000218. The van der Waals surface area contributed by atoms with Crippen molar-refractivity contribution < 1.29 is 14.7 Å². The van der Waals surface area contributed by atoms with Crippen molar-refractivity contribution in [1.82, 2.24) is 0 Å². The fourth-order valence-corrected chi connectivity index (χ4v) is 1.83. The van der Waals surface area contributed by atoms with Crippen LogP contribution in [-0.2, 0) is 4.84 Å². The smallest absolute Gasteiger partial charge is 0.328 e. The summed E-state index contributed by atoms with van der Waals surface area (Å²) in [7, 11) is 0. The van der Waals surface area contributed by atoms with E-state index in [1.165, 1.54) is 44.2 Å². The number of carbonyl (C=O) groups excluding carboxylic acids is 1. The quantitative estimate of drug-likeness (QED) is 0.654. The standard InChI is InChI=1S/C7H5NO4.C6H13N/c9-7(12-8(10)11)6-4-2-1-3-5-6;7-6-4-2-1-3-5-6/h1-5H;6H,1-5,7H2. The summed E-state index contributed by atoms with van der Waals surface area (Å²) in [5, 5.41) is 8.62. The van der Waals surface area contributed by atoms with Crippen molar-refractivity contribution in [3.8, 4) is 0 Å². The summed E-state index contributed by atoms with van der Waals surface area (Å²) in [5.41, 5.74) is 5.80. The van der Waals surface area contributed by atoms with E-state index in [0.717, 1.165) is 0 Å². The highest BCUT2D eigenvalue weighted by Gasteiger charge is 2.08. The number of hydrogen-bond donors (Lipinski definition) is 1. The molecule has 104 valence electrons. The van der Waals surface area contributed by atoms with Crippen LogP contribution in [0.3, 0.4) is 0 Å². The minimum Gasteiger partial charge on any atom is -0.328 e. The molecule has 0 spiro atoms. The summed E-state index contributed by atoms with van der Waals surface area (Å²) >= 11 is 0. The third kappa shape index (κ3) is 6.52. The summed E-state index contributed by atoms with van der Waals surface area (Å²) in [6.45, 7) is 0. The molecule has 2 rings (SSSR count). The zero-order chi connectivity index (χ0) is 14.1. The Morgan fingerprint density at radius 1 is 1.21 bits per heavy atom. The Kier molecular flexibility index (Phi) is 6.52. The Morgan fingerprint density at radius 2 is 1.79 bits per heavy atom. The fourth-order valence-electron chi connectivity index (χ4n) is 1.83. The minimum atomic E-state index is -1.13. The lowest BCUT2D eigenvalue weighted by molar-refractivity contribution is -0.727. The van der Waals surface area contributed by atoms with Crippen molar-refractivity contribution in [3.05, 3.63) is 46.0 Å². The zero-order valence-corrected chi connectivity index (χ0v) is 10.7. The van der Waals surface area contributed by atoms with Crippen LogP contribution in [0.5, 0.6) is 0 Å². The van der Waals surface area contributed by atoms with Crippen LogP contribution in [0.25, 0.3) is 0 Å². The number of hydrogen-bond acceptors (Lipinski definition) is 5. The van der Waals surface area contributed by atoms with Crippen LogP contribution in [-0.4, -0.2) is 17.1 Å². The maximum absolute atomic E-state index is 10.8. The maximum Gasteiger partial charge on any atom is 0.334 e. The second-order valence-corrected chi connectivity index (χ2v) is 4.37. The number of nitrogens with zero attached hydrogens (tertiary/aromatic N) is 1. The summed E-state index contributed by atoms with van der Waals surface area (Å²) in [5.74, 6) is -0.958. The number of carbonyl (C=O) groups is 1. The van der Waals surface area contributed by atoms with E-state index < -0.39 is 11.1 Å². The van der Waals surface area contributed by atoms with Crippen LogP contribution >= 0.6 is 0 Å². The topological polar surface area (TPSA) is 95.5 Å². The van der Waals surface area contributed by atoms with Crippen molar-refractivity contribution in [3.63, 3.8) is 0 Å². The van der Waals surface area contributed by atoms with Gasteiger partial charge < -0.3 is 5.73 Å². The zero-order valence-electron chi connectivity index (χ0n) is 10.7. The van der Waals surface area contributed by atoms with Gasteiger partial charge >= 0.3 is 11.1 Å². The molecule has 19 heavy (non-hydrogen) atoms. The molecule has 6 heteroatoms. The van der Waals surface area contributed by atoms with Gasteiger partial charge in [-0.15, -0.1) is 10.1 Å². The molecule has 2 N–H and O–H groups in total. The van der Waals surface area contributed by atoms with Crippen LogP contribution in [0.4, 0.5) is 0 Å². The number of rotatable bonds is 2. The maximum atomic E-state index is 10.8. The predicted octanol–water partition coefficient (Wildman–Crippen LogP) is 2.31. The first-order valence-corrected chi connectivity index (χ1v) is 6.27. The van der Waals surface area contributed by atoms with Crippen molar-refractivity contribution in [1.29, 1.82) is 0 Å². The van der Waals surface area contributed by atoms with E-state index in [1.54, 1.807) is 18.2 Å². The van der Waals surface area contributed by atoms with Crippen LogP contribution in [0.1, 0.15) is 42.5 Å². The van der Waals surface area contributed by atoms with Gasteiger partial charge in [-0.2, -0.15) is 0 Å². The molecule has 0 bridgehead atoms. The van der Waals surface area contributed by atoms with Gasteiger partial charge in [0, 0.05) is 11.6 Å². The van der Waals surface area contributed by atoms with Crippen molar-refractivity contribution in [2.75, 3.05) is 0 Å². The van der Waals surface area contributed by atoms with E-state index in [0.29, 0.717) is 6.04 Å². The Morgan fingerprint density at radius 3 is 2.21 bits per heavy atom. The lowest BCUT2D eigenvalue weighted by Crippen LogP contribution is -2.22. The van der Waals surface area contributed by atoms with E-state index in [1.807, 2.05) is 0 Å². The second kappa shape index (κ2) is 8.20. The molecule has 0 amide bonds. The van der Waals surface area contributed by atoms with Crippen molar-refractivity contribution in [2.24, 2.45) is 5.73 Å². The Labute approximate surface area is 111 Å². The normalized spacial score (nSPS) is 15.0. The molecule has 1 saturated carbocycles. The lowest BCUT2D eigenvalue weighted by atomic mass is 9.97. The summed E-state index contributed by atoms with van der Waals surface area (Å²) in [4.78, 5) is 24.3. The highest BCUT2D eigenvalue weighted by Crippen LogP contribution is 2.14. The number of benzene rings is 1. The summed E-state index contributed by atoms with van der Waals surface area (Å²) < 4.78 is 0. The van der Waals surface area contributed by atoms with E-state index >= 15 is 0 Å². The van der Waals surface area contributed by atoms with Crippen LogP contribution < -0.4 is 5.73 Å². The number of nitrogens with two attached hydrogens (primary N) is 1. The van der Waals surface area contributed by atoms with Crippen LogP contribution in [0.15, 0.2) is 30.3 Å². The van der Waals surface area contributed by atoms with Gasteiger partial charge in [0.05, 0.1) is 0 Å². The third-order valence-corrected chi connectivity index (χ3v) is 2.82. The van der Waals surface area contributed by atoms with E-state index in [9.17, 15) is 14.9 Å². The van der Waals surface area contributed by atoms with E-state index in [2.05, 4.69) is 4.84 Å². The molecule has 1 fully saturated rings. The SMILES string of the molecule is NC1CCCCC1.O=C(O[N+](=O)[O-])c1ccccc1. The molecule has 0 atom stereocenters. The van der Waals surface area contributed by atoms with Gasteiger partial charge in [0.2, 0.25) is 0 Å². The van der Waals surface area contributed by atoms with E-state index in [4.69, 9.17) is 5.73 Å². The third-order valence-electron chi connectivity index (χ3n) is 2.82. The molecule has 0 heterocycles. The van der Waals surface area contributed by atoms with Crippen molar-refractivity contribution in [2.45, 2.75) is 38.1 Å². The first-order chi connectivity index (χ1) is 9.09. The van der Waals surface area contributed by atoms with Gasteiger partial charge in [-0.05, 0) is 25.0 Å². The van der Waals surface area contributed by atoms with E-state index in [-0.39, 0.29) is 5.56 Å². The molecule has 0 radical (unpaired) electrons. The van der Waals surface area contributed by atoms with Gasteiger partial charge in [0.15, 0.2) is 0 Å². The molecule has 1 aromatic carbocycles. The molecule has 1 aliphatic carbocycles. The van der Waals surface area contributed by atoms with Crippen LogP contribution in [0, 0.1) is 10.1 Å². The molecule has 0 aromatic heterocycles. The average Bonchev–Trinajstić information content (AvgIpc) is 2.40. The highest BCUT2D eigenvalue weighted by atomic mass is 17.0. The van der Waals surface area contributed by atoms with Gasteiger partial charge in [-0.1, -0.05) is 37.5 Å². The first kappa shape index (κ1) is 15.1. The lowest BCUT2D eigenvalue weighted by Gasteiger charge is -2.15.